The van der Waals surface area contributed by atoms with Crippen molar-refractivity contribution in [3.63, 3.8) is 0 Å². The lowest BCUT2D eigenvalue weighted by molar-refractivity contribution is -0.146. The van der Waals surface area contributed by atoms with Crippen molar-refractivity contribution in [1.82, 2.24) is 20.3 Å². The van der Waals surface area contributed by atoms with Gasteiger partial charge in [0, 0.05) is 46.5 Å². The number of hydrogen-bond acceptors (Lipinski definition) is 10. The molecule has 2 amide bonds. The summed E-state index contributed by atoms with van der Waals surface area (Å²) in [5.74, 6) is -0.128. The quantitative estimate of drug-likeness (QED) is 0.0568. The summed E-state index contributed by atoms with van der Waals surface area (Å²) in [6, 6.07) is 28.8. The Bertz CT molecular complexity index is 2410. The van der Waals surface area contributed by atoms with E-state index in [0.29, 0.717) is 50.3 Å². The predicted molar refractivity (Wildman–Crippen MR) is 248 cm³/mol. The van der Waals surface area contributed by atoms with E-state index in [1.54, 1.807) is 14.5 Å². The number of carbonyl (C=O) groups is 2. The average Bonchev–Trinajstić information content (AvgIpc) is 3.93. The van der Waals surface area contributed by atoms with Gasteiger partial charge in [-0.3, -0.25) is 19.2 Å². The van der Waals surface area contributed by atoms with Crippen molar-refractivity contribution in [2.45, 2.75) is 94.9 Å². The van der Waals surface area contributed by atoms with E-state index < -0.39 is 26.1 Å². The second kappa shape index (κ2) is 18.8. The molecule has 1 saturated heterocycles. The number of carbonyl (C=O) groups excluding carboxylic acids is 2. The van der Waals surface area contributed by atoms with E-state index >= 15 is 4.79 Å². The summed E-state index contributed by atoms with van der Waals surface area (Å²) in [6.45, 7) is 9.69. The van der Waals surface area contributed by atoms with E-state index in [1.807, 2.05) is 124 Å². The molecule has 6 atom stereocenters. The van der Waals surface area contributed by atoms with Crippen LogP contribution in [-0.4, -0.2) is 88.6 Å². The van der Waals surface area contributed by atoms with Crippen molar-refractivity contribution in [1.29, 1.82) is 0 Å². The molecule has 0 saturated carbocycles. The van der Waals surface area contributed by atoms with Crippen LogP contribution in [0.2, 0.25) is 18.6 Å². The molecule has 15 heteroatoms. The second-order valence-corrected chi connectivity index (χ2v) is 22.3. The molecule has 332 valence electrons. The molecule has 0 radical (unpaired) electrons. The first-order valence-electron chi connectivity index (χ1n) is 22.0. The Balaban J connectivity index is 1.04. The van der Waals surface area contributed by atoms with Gasteiger partial charge in [0.2, 0.25) is 5.91 Å². The molecule has 4 N–H and O–H groups in total. The van der Waals surface area contributed by atoms with Crippen LogP contribution in [0.3, 0.4) is 0 Å². The zero-order valence-electron chi connectivity index (χ0n) is 36.3. The topological polar surface area (TPSA) is 163 Å². The molecule has 3 aliphatic rings. The van der Waals surface area contributed by atoms with E-state index in [9.17, 15) is 19.8 Å². The number of aromatic nitrogens is 3. The number of benzene rings is 4. The van der Waals surface area contributed by atoms with Gasteiger partial charge in [0.15, 0.2) is 13.9 Å². The van der Waals surface area contributed by atoms with Crippen LogP contribution in [0.4, 0.5) is 17.1 Å². The van der Waals surface area contributed by atoms with Crippen LogP contribution in [0.5, 0.6) is 5.75 Å². The Morgan fingerprint density at radius 2 is 1.76 bits per heavy atom. The number of amides is 2. The van der Waals surface area contributed by atoms with Crippen LogP contribution in [0.15, 0.2) is 102 Å². The molecule has 13 nitrogen and oxygen atoms in total. The number of aliphatic hydroxyl groups is 2. The monoisotopic (exact) mass is 936 g/mol. The number of unbranched alkanes of at least 4 members (excludes halogenated alkanes) is 1. The minimum atomic E-state index is -2.92. The highest BCUT2D eigenvalue weighted by molar-refractivity contribution is 9.10. The fourth-order valence-electron chi connectivity index (χ4n) is 10.0. The third-order valence-corrected chi connectivity index (χ3v) is 15.9. The van der Waals surface area contributed by atoms with Gasteiger partial charge in [-0.05, 0) is 117 Å². The highest BCUT2D eigenvalue weighted by atomic mass is 79.9. The lowest BCUT2D eigenvalue weighted by Crippen LogP contribution is -2.49. The van der Waals surface area contributed by atoms with Gasteiger partial charge in [0.1, 0.15) is 5.75 Å². The van der Waals surface area contributed by atoms with E-state index in [0.717, 1.165) is 50.3 Å². The summed E-state index contributed by atoms with van der Waals surface area (Å²) >= 11 is 3.67. The smallest absolute Gasteiger partial charge is 0.264 e. The molecule has 1 spiro atoms. The zero-order valence-corrected chi connectivity index (χ0v) is 38.9. The lowest BCUT2D eigenvalue weighted by Gasteiger charge is -2.35. The first kappa shape index (κ1) is 44.8. The SMILES string of the molecule is CCOc1ccc2c(c1)CC(NCCCCO)C(=O)N2c1ccc(CN2C(=O)[C@]3(O[C@H](CCn4cc(C(CO)c5ccccc5)nn4)[C@@H]([Si](C)(C)O)[C@@H]3C)c3cc(Br)ccc32)cc1. The number of hydrogen-bond donors (Lipinski definition) is 4. The Morgan fingerprint density at radius 1 is 1.00 bits per heavy atom. The highest BCUT2D eigenvalue weighted by Crippen LogP contribution is 2.60. The number of halogens is 1. The van der Waals surface area contributed by atoms with Gasteiger partial charge in [-0.1, -0.05) is 70.5 Å². The van der Waals surface area contributed by atoms with Crippen LogP contribution >= 0.6 is 15.9 Å². The molecular formula is C48H57BrN6O7Si. The first-order chi connectivity index (χ1) is 30.4. The third kappa shape index (κ3) is 8.76. The fraction of sp³-hybridized carbons (Fsp3) is 0.417. The van der Waals surface area contributed by atoms with Gasteiger partial charge in [0.25, 0.3) is 5.91 Å². The van der Waals surface area contributed by atoms with Crippen molar-refractivity contribution in [3.05, 3.63) is 130 Å². The van der Waals surface area contributed by atoms with Gasteiger partial charge in [-0.15, -0.1) is 5.10 Å². The van der Waals surface area contributed by atoms with Crippen LogP contribution in [-0.2, 0) is 39.4 Å². The molecule has 3 aliphatic heterocycles. The third-order valence-electron chi connectivity index (χ3n) is 12.9. The largest absolute Gasteiger partial charge is 0.494 e. The van der Waals surface area contributed by atoms with Crippen LogP contribution in [0.1, 0.15) is 67.0 Å². The van der Waals surface area contributed by atoms with E-state index in [2.05, 4.69) is 31.6 Å². The Kier molecular flexibility index (Phi) is 13.4. The first-order valence-corrected chi connectivity index (χ1v) is 25.8. The average molecular weight is 938 g/mol. The maximum atomic E-state index is 15.2. The number of aryl methyl sites for hydroxylation is 1. The summed E-state index contributed by atoms with van der Waals surface area (Å²) in [7, 11) is -2.92. The molecule has 1 aromatic heterocycles. The second-order valence-electron chi connectivity index (χ2n) is 17.5. The normalized spacial score (nSPS) is 22.5. The summed E-state index contributed by atoms with van der Waals surface area (Å²) in [5, 5.41) is 31.8. The Morgan fingerprint density at radius 3 is 2.48 bits per heavy atom. The van der Waals surface area contributed by atoms with Crippen LogP contribution in [0.25, 0.3) is 0 Å². The Hall–Kier alpha value is -4.74. The molecule has 0 bridgehead atoms. The van der Waals surface area contributed by atoms with Crippen LogP contribution in [0, 0.1) is 5.92 Å². The molecule has 4 heterocycles. The van der Waals surface area contributed by atoms with Crippen molar-refractivity contribution < 1.29 is 34.1 Å². The summed E-state index contributed by atoms with van der Waals surface area (Å²) in [5.41, 5.74) is 4.94. The molecule has 2 unspecified atom stereocenters. The Labute approximate surface area is 378 Å². The van der Waals surface area contributed by atoms with Crippen molar-refractivity contribution in [2.75, 3.05) is 36.2 Å². The minimum absolute atomic E-state index is 0.0581. The maximum Gasteiger partial charge on any atom is 0.264 e. The lowest BCUT2D eigenvalue weighted by atomic mass is 9.82. The molecule has 0 aliphatic carbocycles. The number of anilines is 3. The predicted octanol–water partition coefficient (Wildman–Crippen LogP) is 6.95. The molecule has 8 rings (SSSR count). The van der Waals surface area contributed by atoms with Crippen molar-refractivity contribution >= 4 is 53.1 Å². The molecular weight excluding hydrogens is 881 g/mol. The molecule has 63 heavy (non-hydrogen) atoms. The molecule has 1 fully saturated rings. The molecule has 4 aromatic carbocycles. The summed E-state index contributed by atoms with van der Waals surface area (Å²) in [4.78, 5) is 44.7. The number of fused-ring (bicyclic) bond motifs is 3. The minimum Gasteiger partial charge on any atom is -0.494 e. The van der Waals surface area contributed by atoms with E-state index in [4.69, 9.17) is 9.47 Å². The van der Waals surface area contributed by atoms with Gasteiger partial charge in [0.05, 0.1) is 54.9 Å². The number of rotatable bonds is 17. The van der Waals surface area contributed by atoms with Gasteiger partial charge in [-0.25, -0.2) is 0 Å². The summed E-state index contributed by atoms with van der Waals surface area (Å²) < 4.78 is 15.5. The van der Waals surface area contributed by atoms with Crippen LogP contribution < -0.4 is 19.9 Å². The zero-order chi connectivity index (χ0) is 44.5. The van der Waals surface area contributed by atoms with E-state index in [-0.39, 0.29) is 48.9 Å². The van der Waals surface area contributed by atoms with Gasteiger partial charge >= 0.3 is 0 Å². The number of nitrogens with zero attached hydrogens (tertiary/aromatic N) is 5. The van der Waals surface area contributed by atoms with E-state index in [1.165, 1.54) is 0 Å². The fourth-order valence-corrected chi connectivity index (χ4v) is 13.0. The highest BCUT2D eigenvalue weighted by Gasteiger charge is 2.66. The maximum absolute atomic E-state index is 15.2. The van der Waals surface area contributed by atoms with Gasteiger partial charge < -0.3 is 34.7 Å². The summed E-state index contributed by atoms with van der Waals surface area (Å²) in [6.07, 6.45) is 3.85. The van der Waals surface area contributed by atoms with Gasteiger partial charge in [-0.2, -0.15) is 0 Å². The standard InChI is InChI=1S/C48H57BrN6O7Si/c1-5-61-37-18-20-42-34(25-37)26-40(50-22-9-10-24-56)46(58)55(42)36-16-13-32(14-17-36)28-54-43-19-15-35(49)27-39(43)48(47(54)59)31(2)45(63(3,4)60)44(62-48)21-23-53-29-41(51-52-53)38(30-57)33-11-7-6-8-12-33/h6-8,11-20,25,27,29,31,38,40,44-45,50,56-57,60H,5,9-10,21-24,26,28,30H2,1-4H3/t31-,38?,40?,44+,45-,48+/m0/s1. The molecule has 5 aromatic rings. The number of ether oxygens (including phenoxy) is 2. The number of nitrogens with one attached hydrogen (secondary N) is 1. The number of aliphatic hydroxyl groups excluding tert-OH is 2. The van der Waals surface area contributed by atoms with Crippen molar-refractivity contribution in [2.24, 2.45) is 5.92 Å². The van der Waals surface area contributed by atoms with Crippen molar-refractivity contribution in [3.8, 4) is 5.75 Å².